The molecule has 0 heterocycles. The van der Waals surface area contributed by atoms with Gasteiger partial charge >= 0.3 is 0 Å². The monoisotopic (exact) mass is 276 g/mol. The largest absolute Gasteiger partial charge is 0.325 e. The molecule has 1 aromatic rings. The van der Waals surface area contributed by atoms with Crippen LogP contribution in [0.5, 0.6) is 0 Å². The van der Waals surface area contributed by atoms with Gasteiger partial charge in [-0.05, 0) is 32.0 Å². The van der Waals surface area contributed by atoms with E-state index in [0.29, 0.717) is 0 Å². The van der Waals surface area contributed by atoms with Crippen molar-refractivity contribution in [3.05, 3.63) is 30.3 Å². The highest BCUT2D eigenvalue weighted by Crippen LogP contribution is 2.06. The summed E-state index contributed by atoms with van der Waals surface area (Å²) in [5.41, 5.74) is 0.853. The molecule has 20 heavy (non-hydrogen) atoms. The highest BCUT2D eigenvalue weighted by molar-refractivity contribution is 5.94. The van der Waals surface area contributed by atoms with Crippen LogP contribution in [0.4, 0.5) is 5.69 Å². The molecule has 2 N–H and O–H groups in total. The maximum atomic E-state index is 11.9. The number of anilines is 1. The number of carbonyl (C=O) groups is 1. The molecular weight excluding hydrogens is 248 g/mol. The summed E-state index contributed by atoms with van der Waals surface area (Å²) in [7, 11) is 0. The van der Waals surface area contributed by atoms with Gasteiger partial charge in [0, 0.05) is 5.69 Å². The van der Waals surface area contributed by atoms with E-state index in [1.165, 1.54) is 32.1 Å². The predicted molar refractivity (Wildman–Crippen MR) is 85.9 cm³/mol. The van der Waals surface area contributed by atoms with Gasteiger partial charge in [0.1, 0.15) is 0 Å². The Labute approximate surface area is 123 Å². The highest BCUT2D eigenvalue weighted by atomic mass is 16.2. The van der Waals surface area contributed by atoms with Crippen LogP contribution in [0.25, 0.3) is 0 Å². The lowest BCUT2D eigenvalue weighted by Crippen LogP contribution is -2.38. The number of unbranched alkanes of at least 4 members (excludes halogenated alkanes) is 5. The van der Waals surface area contributed by atoms with Gasteiger partial charge in [-0.3, -0.25) is 4.79 Å². The molecule has 0 saturated carbocycles. The molecule has 0 spiro atoms. The van der Waals surface area contributed by atoms with Crippen molar-refractivity contribution in [1.82, 2.24) is 5.32 Å². The lowest BCUT2D eigenvalue weighted by molar-refractivity contribution is -0.117. The van der Waals surface area contributed by atoms with E-state index in [-0.39, 0.29) is 11.9 Å². The molecule has 0 aliphatic carbocycles. The number of para-hydroxylation sites is 1. The van der Waals surface area contributed by atoms with Gasteiger partial charge in [-0.25, -0.2) is 0 Å². The Kier molecular flexibility index (Phi) is 8.72. The van der Waals surface area contributed by atoms with Crippen molar-refractivity contribution in [2.24, 2.45) is 0 Å². The summed E-state index contributed by atoms with van der Waals surface area (Å²) in [6.45, 7) is 5.06. The van der Waals surface area contributed by atoms with Crippen molar-refractivity contribution in [2.45, 2.75) is 58.4 Å². The maximum Gasteiger partial charge on any atom is 0.241 e. The summed E-state index contributed by atoms with van der Waals surface area (Å²) < 4.78 is 0. The molecule has 0 radical (unpaired) electrons. The fourth-order valence-corrected chi connectivity index (χ4v) is 2.09. The Morgan fingerprint density at radius 3 is 2.40 bits per heavy atom. The van der Waals surface area contributed by atoms with Crippen LogP contribution in [0.15, 0.2) is 30.3 Å². The van der Waals surface area contributed by atoms with E-state index in [2.05, 4.69) is 17.6 Å². The zero-order chi connectivity index (χ0) is 14.6. The van der Waals surface area contributed by atoms with Crippen LogP contribution < -0.4 is 10.6 Å². The average Bonchev–Trinajstić information content (AvgIpc) is 2.47. The van der Waals surface area contributed by atoms with Crippen molar-refractivity contribution in [3.63, 3.8) is 0 Å². The summed E-state index contributed by atoms with van der Waals surface area (Å²) in [5, 5.41) is 6.19. The number of amides is 1. The van der Waals surface area contributed by atoms with Gasteiger partial charge in [0.15, 0.2) is 0 Å². The lowest BCUT2D eigenvalue weighted by Gasteiger charge is -2.14. The molecule has 0 fully saturated rings. The van der Waals surface area contributed by atoms with Gasteiger partial charge in [-0.15, -0.1) is 0 Å². The van der Waals surface area contributed by atoms with Gasteiger partial charge in [0.2, 0.25) is 5.91 Å². The number of hydrogen-bond donors (Lipinski definition) is 2. The average molecular weight is 276 g/mol. The van der Waals surface area contributed by atoms with Crippen molar-refractivity contribution < 1.29 is 4.79 Å². The van der Waals surface area contributed by atoms with Gasteiger partial charge in [-0.2, -0.15) is 0 Å². The van der Waals surface area contributed by atoms with E-state index in [1.807, 2.05) is 37.3 Å². The molecule has 0 aliphatic rings. The van der Waals surface area contributed by atoms with Gasteiger partial charge < -0.3 is 10.6 Å². The van der Waals surface area contributed by atoms with Crippen LogP contribution in [0.2, 0.25) is 0 Å². The Bertz CT molecular complexity index is 365. The molecule has 1 rings (SSSR count). The standard InChI is InChI=1S/C17H28N2O/c1-3-4-5-6-7-11-14-18-15(2)17(20)19-16-12-9-8-10-13-16/h8-10,12-13,15,18H,3-7,11,14H2,1-2H3,(H,19,20). The van der Waals surface area contributed by atoms with E-state index >= 15 is 0 Å². The highest BCUT2D eigenvalue weighted by Gasteiger charge is 2.11. The smallest absolute Gasteiger partial charge is 0.241 e. The third-order valence-corrected chi connectivity index (χ3v) is 3.42. The van der Waals surface area contributed by atoms with E-state index < -0.39 is 0 Å². The van der Waals surface area contributed by atoms with Crippen molar-refractivity contribution in [3.8, 4) is 0 Å². The molecule has 0 saturated heterocycles. The lowest BCUT2D eigenvalue weighted by atomic mass is 10.1. The van der Waals surface area contributed by atoms with Gasteiger partial charge in [-0.1, -0.05) is 57.2 Å². The molecule has 0 aromatic heterocycles. The van der Waals surface area contributed by atoms with E-state index in [1.54, 1.807) is 0 Å². The first kappa shape index (κ1) is 16.7. The molecule has 1 atom stereocenters. The summed E-state index contributed by atoms with van der Waals surface area (Å²) in [5.74, 6) is 0.0298. The Balaban J connectivity index is 2.10. The summed E-state index contributed by atoms with van der Waals surface area (Å²) in [4.78, 5) is 11.9. The number of benzene rings is 1. The third-order valence-electron chi connectivity index (χ3n) is 3.42. The Morgan fingerprint density at radius 2 is 1.70 bits per heavy atom. The molecule has 1 amide bonds. The molecule has 1 unspecified atom stereocenters. The minimum Gasteiger partial charge on any atom is -0.325 e. The second kappa shape index (κ2) is 10.4. The molecular formula is C17H28N2O. The SMILES string of the molecule is CCCCCCCCNC(C)C(=O)Nc1ccccc1. The number of hydrogen-bond acceptors (Lipinski definition) is 2. The van der Waals surface area contributed by atoms with E-state index in [0.717, 1.165) is 18.7 Å². The second-order valence-electron chi connectivity index (χ2n) is 5.30. The minimum atomic E-state index is -0.147. The summed E-state index contributed by atoms with van der Waals surface area (Å²) in [6, 6.07) is 9.44. The Hall–Kier alpha value is -1.35. The molecule has 3 heteroatoms. The Morgan fingerprint density at radius 1 is 1.05 bits per heavy atom. The first-order valence-corrected chi connectivity index (χ1v) is 7.83. The molecule has 0 aliphatic heterocycles. The van der Waals surface area contributed by atoms with Crippen LogP contribution in [0.1, 0.15) is 52.4 Å². The molecule has 0 bridgehead atoms. The zero-order valence-corrected chi connectivity index (χ0v) is 12.8. The topological polar surface area (TPSA) is 41.1 Å². The number of rotatable bonds is 10. The van der Waals surface area contributed by atoms with E-state index in [9.17, 15) is 4.79 Å². The normalized spacial score (nSPS) is 12.1. The third kappa shape index (κ3) is 7.29. The summed E-state index contributed by atoms with van der Waals surface area (Å²) in [6.07, 6.45) is 7.66. The molecule has 112 valence electrons. The van der Waals surface area contributed by atoms with Gasteiger partial charge in [0.25, 0.3) is 0 Å². The number of nitrogens with one attached hydrogen (secondary N) is 2. The molecule has 1 aromatic carbocycles. The van der Waals surface area contributed by atoms with Crippen molar-refractivity contribution in [1.29, 1.82) is 0 Å². The summed E-state index contributed by atoms with van der Waals surface area (Å²) >= 11 is 0. The van der Waals surface area contributed by atoms with Crippen LogP contribution in [-0.2, 0) is 4.79 Å². The first-order chi connectivity index (χ1) is 9.74. The van der Waals surface area contributed by atoms with Gasteiger partial charge in [0.05, 0.1) is 6.04 Å². The van der Waals surface area contributed by atoms with E-state index in [4.69, 9.17) is 0 Å². The second-order valence-corrected chi connectivity index (χ2v) is 5.30. The predicted octanol–water partition coefficient (Wildman–Crippen LogP) is 3.96. The van der Waals surface area contributed by atoms with Crippen molar-refractivity contribution >= 4 is 11.6 Å². The fraction of sp³-hybridized carbons (Fsp3) is 0.588. The molecule has 3 nitrogen and oxygen atoms in total. The number of carbonyl (C=O) groups excluding carboxylic acids is 1. The maximum absolute atomic E-state index is 11.9. The van der Waals surface area contributed by atoms with Crippen LogP contribution in [0, 0.1) is 0 Å². The van der Waals surface area contributed by atoms with Crippen LogP contribution in [-0.4, -0.2) is 18.5 Å². The van der Waals surface area contributed by atoms with Crippen molar-refractivity contribution in [2.75, 3.05) is 11.9 Å². The first-order valence-electron chi connectivity index (χ1n) is 7.83. The fourth-order valence-electron chi connectivity index (χ4n) is 2.09. The zero-order valence-electron chi connectivity index (χ0n) is 12.8. The van der Waals surface area contributed by atoms with Crippen LogP contribution >= 0.6 is 0 Å². The minimum absolute atomic E-state index is 0.0298. The quantitative estimate of drug-likeness (QED) is 0.635. The van der Waals surface area contributed by atoms with Crippen LogP contribution in [0.3, 0.4) is 0 Å².